The fourth-order valence-electron chi connectivity index (χ4n) is 2.29. The number of amides is 1. The second kappa shape index (κ2) is 5.17. The summed E-state index contributed by atoms with van der Waals surface area (Å²) in [5.41, 5.74) is 1.02. The standard InChI is InChI=1S/C12H12FN3O3S/c1-8-2-9(4-14)5-15-12(8)16-6-10(3-11(16)17)7-20(13,18)19/h2,5,10H,3,6-7H2,1H3. The van der Waals surface area contributed by atoms with Crippen molar-refractivity contribution in [2.24, 2.45) is 5.92 Å². The second-order valence-electron chi connectivity index (χ2n) is 4.76. The van der Waals surface area contributed by atoms with Crippen LogP contribution in [0.5, 0.6) is 0 Å². The Morgan fingerprint density at radius 1 is 1.60 bits per heavy atom. The van der Waals surface area contributed by atoms with Gasteiger partial charge in [-0.1, -0.05) is 0 Å². The predicted molar refractivity (Wildman–Crippen MR) is 69.0 cm³/mol. The number of anilines is 1. The molecule has 20 heavy (non-hydrogen) atoms. The molecule has 1 amide bonds. The van der Waals surface area contributed by atoms with Gasteiger partial charge in [-0.2, -0.15) is 13.7 Å². The maximum atomic E-state index is 12.7. The molecule has 1 aromatic rings. The van der Waals surface area contributed by atoms with Crippen LogP contribution in [-0.2, 0) is 15.0 Å². The van der Waals surface area contributed by atoms with Crippen molar-refractivity contribution in [1.82, 2.24) is 4.98 Å². The first-order valence-corrected chi connectivity index (χ1v) is 7.45. The van der Waals surface area contributed by atoms with Gasteiger partial charge < -0.3 is 0 Å². The van der Waals surface area contributed by atoms with Crippen LogP contribution < -0.4 is 4.90 Å². The molecule has 0 N–H and O–H groups in total. The zero-order chi connectivity index (χ0) is 14.9. The van der Waals surface area contributed by atoms with Crippen LogP contribution in [0.4, 0.5) is 9.70 Å². The Bertz CT molecular complexity index is 696. The minimum absolute atomic E-state index is 0.0235. The van der Waals surface area contributed by atoms with Gasteiger partial charge in [0.25, 0.3) is 0 Å². The molecule has 1 atom stereocenters. The molecule has 1 aromatic heterocycles. The highest BCUT2D eigenvalue weighted by Gasteiger charge is 2.34. The number of hydrogen-bond acceptors (Lipinski definition) is 5. The van der Waals surface area contributed by atoms with E-state index in [0.29, 0.717) is 16.9 Å². The molecule has 0 bridgehead atoms. The maximum absolute atomic E-state index is 12.7. The van der Waals surface area contributed by atoms with Gasteiger partial charge in [0.2, 0.25) is 5.91 Å². The van der Waals surface area contributed by atoms with E-state index in [1.807, 2.05) is 6.07 Å². The highest BCUT2D eigenvalue weighted by atomic mass is 32.3. The molecule has 1 unspecified atom stereocenters. The lowest BCUT2D eigenvalue weighted by Crippen LogP contribution is -2.27. The Labute approximate surface area is 116 Å². The molecule has 2 rings (SSSR count). The summed E-state index contributed by atoms with van der Waals surface area (Å²) in [5, 5.41) is 8.76. The second-order valence-corrected chi connectivity index (χ2v) is 6.17. The van der Waals surface area contributed by atoms with Crippen molar-refractivity contribution < 1.29 is 17.1 Å². The molecular formula is C12H12FN3O3S. The number of aromatic nitrogens is 1. The first-order chi connectivity index (χ1) is 9.30. The third-order valence-corrected chi connectivity index (χ3v) is 3.94. The number of carbonyl (C=O) groups is 1. The molecule has 8 heteroatoms. The molecule has 0 aliphatic carbocycles. The zero-order valence-corrected chi connectivity index (χ0v) is 11.5. The van der Waals surface area contributed by atoms with Crippen molar-refractivity contribution in [1.29, 1.82) is 5.26 Å². The third-order valence-electron chi connectivity index (χ3n) is 3.08. The van der Waals surface area contributed by atoms with Gasteiger partial charge in [0.1, 0.15) is 11.9 Å². The van der Waals surface area contributed by atoms with E-state index in [0.717, 1.165) is 0 Å². The van der Waals surface area contributed by atoms with E-state index in [1.165, 1.54) is 11.1 Å². The summed E-state index contributed by atoms with van der Waals surface area (Å²) in [5.74, 6) is -1.15. The molecule has 0 saturated carbocycles. The van der Waals surface area contributed by atoms with Crippen molar-refractivity contribution in [3.63, 3.8) is 0 Å². The molecule has 106 valence electrons. The van der Waals surface area contributed by atoms with E-state index in [2.05, 4.69) is 4.98 Å². The van der Waals surface area contributed by atoms with E-state index in [9.17, 15) is 17.1 Å². The van der Waals surface area contributed by atoms with Crippen molar-refractivity contribution >= 4 is 21.9 Å². The zero-order valence-electron chi connectivity index (χ0n) is 10.7. The highest BCUT2D eigenvalue weighted by Crippen LogP contribution is 2.27. The number of rotatable bonds is 3. The van der Waals surface area contributed by atoms with Crippen LogP contribution in [0.3, 0.4) is 0 Å². The SMILES string of the molecule is Cc1cc(C#N)cnc1N1CC(CS(=O)(=O)F)CC1=O. The number of pyridine rings is 1. The fourth-order valence-corrected chi connectivity index (χ4v) is 3.08. The van der Waals surface area contributed by atoms with Gasteiger partial charge in [-0.3, -0.25) is 9.69 Å². The van der Waals surface area contributed by atoms with Crippen molar-refractivity contribution in [3.05, 3.63) is 23.4 Å². The Morgan fingerprint density at radius 3 is 2.85 bits per heavy atom. The van der Waals surface area contributed by atoms with E-state index in [-0.39, 0.29) is 18.9 Å². The van der Waals surface area contributed by atoms with Gasteiger partial charge in [-0.05, 0) is 18.6 Å². The van der Waals surface area contributed by atoms with Crippen LogP contribution >= 0.6 is 0 Å². The molecule has 0 radical (unpaired) electrons. The van der Waals surface area contributed by atoms with Crippen LogP contribution in [0.2, 0.25) is 0 Å². The Kier molecular flexibility index (Phi) is 3.72. The number of hydrogen-bond donors (Lipinski definition) is 0. The average molecular weight is 297 g/mol. The number of halogens is 1. The molecule has 0 aromatic carbocycles. The summed E-state index contributed by atoms with van der Waals surface area (Å²) in [6.45, 7) is 1.82. The summed E-state index contributed by atoms with van der Waals surface area (Å²) < 4.78 is 33.9. The number of aryl methyl sites for hydroxylation is 1. The van der Waals surface area contributed by atoms with Crippen molar-refractivity contribution in [3.8, 4) is 6.07 Å². The molecule has 1 saturated heterocycles. The largest absolute Gasteiger partial charge is 0.302 e. The number of nitriles is 1. The fraction of sp³-hybridized carbons (Fsp3) is 0.417. The van der Waals surface area contributed by atoms with Crippen molar-refractivity contribution in [2.75, 3.05) is 17.2 Å². The quantitative estimate of drug-likeness (QED) is 0.773. The average Bonchev–Trinajstić information content (AvgIpc) is 2.67. The highest BCUT2D eigenvalue weighted by molar-refractivity contribution is 7.86. The third kappa shape index (κ3) is 3.11. The van der Waals surface area contributed by atoms with E-state index in [4.69, 9.17) is 5.26 Å². The van der Waals surface area contributed by atoms with Gasteiger partial charge in [0, 0.05) is 25.1 Å². The van der Waals surface area contributed by atoms with Crippen LogP contribution in [0.15, 0.2) is 12.3 Å². The monoisotopic (exact) mass is 297 g/mol. The Morgan fingerprint density at radius 2 is 2.30 bits per heavy atom. The van der Waals surface area contributed by atoms with Crippen LogP contribution in [0.25, 0.3) is 0 Å². The maximum Gasteiger partial charge on any atom is 0.302 e. The molecule has 0 spiro atoms. The van der Waals surface area contributed by atoms with Gasteiger partial charge >= 0.3 is 10.2 Å². The lowest BCUT2D eigenvalue weighted by Gasteiger charge is -2.17. The summed E-state index contributed by atoms with van der Waals surface area (Å²) in [6, 6.07) is 3.53. The summed E-state index contributed by atoms with van der Waals surface area (Å²) >= 11 is 0. The molecule has 6 nitrogen and oxygen atoms in total. The van der Waals surface area contributed by atoms with Crippen LogP contribution in [0, 0.1) is 24.2 Å². The lowest BCUT2D eigenvalue weighted by molar-refractivity contribution is -0.117. The summed E-state index contributed by atoms with van der Waals surface area (Å²) in [7, 11) is -4.60. The van der Waals surface area contributed by atoms with Crippen LogP contribution in [0.1, 0.15) is 17.5 Å². The van der Waals surface area contributed by atoms with E-state index in [1.54, 1.807) is 13.0 Å². The molecule has 1 aliphatic heterocycles. The number of nitrogens with zero attached hydrogens (tertiary/aromatic N) is 3. The van der Waals surface area contributed by atoms with Crippen LogP contribution in [-0.4, -0.2) is 31.6 Å². The normalized spacial score (nSPS) is 19.1. The smallest absolute Gasteiger partial charge is 0.296 e. The van der Waals surface area contributed by atoms with Gasteiger partial charge in [-0.15, -0.1) is 3.89 Å². The van der Waals surface area contributed by atoms with Gasteiger partial charge in [0.15, 0.2) is 0 Å². The number of carbonyl (C=O) groups excluding carboxylic acids is 1. The van der Waals surface area contributed by atoms with E-state index < -0.39 is 21.9 Å². The topological polar surface area (TPSA) is 91.1 Å². The minimum atomic E-state index is -4.60. The molecule has 1 fully saturated rings. The van der Waals surface area contributed by atoms with Gasteiger partial charge in [0.05, 0.1) is 11.3 Å². The first-order valence-electron chi connectivity index (χ1n) is 5.89. The predicted octanol–water partition coefficient (Wildman–Crippen LogP) is 0.914. The van der Waals surface area contributed by atoms with Gasteiger partial charge in [-0.25, -0.2) is 4.98 Å². The minimum Gasteiger partial charge on any atom is -0.296 e. The lowest BCUT2D eigenvalue weighted by atomic mass is 10.1. The van der Waals surface area contributed by atoms with E-state index >= 15 is 0 Å². The molecule has 1 aliphatic rings. The summed E-state index contributed by atoms with van der Waals surface area (Å²) in [4.78, 5) is 17.3. The Balaban J connectivity index is 2.22. The van der Waals surface area contributed by atoms with Crippen molar-refractivity contribution in [2.45, 2.75) is 13.3 Å². The first kappa shape index (κ1) is 14.4. The molecule has 2 heterocycles. The molecular weight excluding hydrogens is 285 g/mol. The Hall–Kier alpha value is -2.01. The summed E-state index contributed by atoms with van der Waals surface area (Å²) in [6.07, 6.45) is 1.32.